The van der Waals surface area contributed by atoms with Gasteiger partial charge in [0.2, 0.25) is 10.0 Å². The van der Waals surface area contributed by atoms with Crippen molar-refractivity contribution in [3.63, 3.8) is 0 Å². The smallest absolute Gasteiger partial charge is 0.338 e. The zero-order valence-corrected chi connectivity index (χ0v) is 17.4. The van der Waals surface area contributed by atoms with Crippen molar-refractivity contribution in [2.45, 2.75) is 45.4 Å². The minimum Gasteiger partial charge on any atom is -0.452 e. The normalized spacial score (nSPS) is 24.8. The molecule has 154 valence electrons. The van der Waals surface area contributed by atoms with E-state index in [0.29, 0.717) is 30.8 Å². The minimum atomic E-state index is -3.38. The van der Waals surface area contributed by atoms with E-state index in [2.05, 4.69) is 0 Å². The Morgan fingerprint density at radius 3 is 2.43 bits per heavy atom. The molecule has 28 heavy (non-hydrogen) atoms. The van der Waals surface area contributed by atoms with Gasteiger partial charge in [0.1, 0.15) is 0 Å². The maximum Gasteiger partial charge on any atom is 0.338 e. The van der Waals surface area contributed by atoms with Gasteiger partial charge in [-0.15, -0.1) is 0 Å². The summed E-state index contributed by atoms with van der Waals surface area (Å²) >= 11 is 0. The average molecular weight is 410 g/mol. The zero-order chi connectivity index (χ0) is 20.6. The highest BCUT2D eigenvalue weighted by Gasteiger charge is 2.33. The van der Waals surface area contributed by atoms with E-state index in [1.807, 2.05) is 20.8 Å². The SMILES string of the molecule is C[C@@H]1CN(C(=O)COC(=O)c2ccc3c(c2)C[C@H](C)N3S(C)(=O)=O)C[C@H](C)O1. The number of esters is 1. The van der Waals surface area contributed by atoms with Crippen LogP contribution in [0.2, 0.25) is 0 Å². The van der Waals surface area contributed by atoms with Crippen LogP contribution in [0.15, 0.2) is 18.2 Å². The molecule has 0 bridgehead atoms. The van der Waals surface area contributed by atoms with Crippen molar-refractivity contribution in [2.75, 3.05) is 30.3 Å². The molecule has 1 fully saturated rings. The van der Waals surface area contributed by atoms with Gasteiger partial charge < -0.3 is 14.4 Å². The molecule has 0 saturated carbocycles. The molecule has 0 spiro atoms. The van der Waals surface area contributed by atoms with E-state index in [-0.39, 0.29) is 30.8 Å². The highest BCUT2D eigenvalue weighted by Crippen LogP contribution is 2.34. The Bertz CT molecular complexity index is 874. The van der Waals surface area contributed by atoms with Gasteiger partial charge in [-0.05, 0) is 51.0 Å². The van der Waals surface area contributed by atoms with E-state index in [1.54, 1.807) is 17.0 Å². The summed E-state index contributed by atoms with van der Waals surface area (Å²) in [6, 6.07) is 4.58. The third kappa shape index (κ3) is 4.30. The number of carbonyl (C=O) groups excluding carboxylic acids is 2. The van der Waals surface area contributed by atoms with Crippen LogP contribution in [0.5, 0.6) is 0 Å². The molecule has 3 atom stereocenters. The van der Waals surface area contributed by atoms with Crippen molar-refractivity contribution in [2.24, 2.45) is 0 Å². The molecule has 1 amide bonds. The Morgan fingerprint density at radius 2 is 1.82 bits per heavy atom. The number of amides is 1. The quantitative estimate of drug-likeness (QED) is 0.693. The molecule has 3 rings (SSSR count). The van der Waals surface area contributed by atoms with Crippen LogP contribution >= 0.6 is 0 Å². The molecule has 1 aromatic rings. The first kappa shape index (κ1) is 20.6. The van der Waals surface area contributed by atoms with Crippen molar-refractivity contribution in [3.05, 3.63) is 29.3 Å². The third-order valence-corrected chi connectivity index (χ3v) is 6.20. The van der Waals surface area contributed by atoms with Gasteiger partial charge in [-0.1, -0.05) is 0 Å². The highest BCUT2D eigenvalue weighted by molar-refractivity contribution is 7.92. The van der Waals surface area contributed by atoms with Gasteiger partial charge in [0.05, 0.1) is 29.7 Å². The van der Waals surface area contributed by atoms with Gasteiger partial charge in [0.15, 0.2) is 6.61 Å². The van der Waals surface area contributed by atoms with Crippen LogP contribution in [-0.4, -0.2) is 69.4 Å². The second kappa shape index (κ2) is 7.71. The van der Waals surface area contributed by atoms with Crippen molar-refractivity contribution in [3.8, 4) is 0 Å². The van der Waals surface area contributed by atoms with E-state index in [1.165, 1.54) is 16.6 Å². The highest BCUT2D eigenvalue weighted by atomic mass is 32.2. The predicted octanol–water partition coefficient (Wildman–Crippen LogP) is 1.19. The number of ether oxygens (including phenoxy) is 2. The summed E-state index contributed by atoms with van der Waals surface area (Å²) in [5.74, 6) is -0.857. The van der Waals surface area contributed by atoms with Crippen molar-refractivity contribution in [1.82, 2.24) is 4.90 Å². The van der Waals surface area contributed by atoms with Gasteiger partial charge in [-0.2, -0.15) is 0 Å². The van der Waals surface area contributed by atoms with Crippen molar-refractivity contribution < 1.29 is 27.5 Å². The van der Waals surface area contributed by atoms with Gasteiger partial charge in [-0.25, -0.2) is 13.2 Å². The van der Waals surface area contributed by atoms with Crippen LogP contribution in [0.25, 0.3) is 0 Å². The van der Waals surface area contributed by atoms with Crippen LogP contribution in [0.4, 0.5) is 5.69 Å². The number of hydrogen-bond acceptors (Lipinski definition) is 6. The lowest BCUT2D eigenvalue weighted by molar-refractivity contribution is -0.146. The molecule has 0 aromatic heterocycles. The Balaban J connectivity index is 1.65. The Hall–Kier alpha value is -2.13. The molecule has 0 radical (unpaired) electrons. The summed E-state index contributed by atoms with van der Waals surface area (Å²) in [7, 11) is -3.38. The van der Waals surface area contributed by atoms with Crippen molar-refractivity contribution >= 4 is 27.6 Å². The lowest BCUT2D eigenvalue weighted by Gasteiger charge is -2.35. The van der Waals surface area contributed by atoms with Gasteiger partial charge in [-0.3, -0.25) is 9.10 Å². The number of sulfonamides is 1. The summed E-state index contributed by atoms with van der Waals surface area (Å²) in [6.07, 6.45) is 1.57. The molecule has 2 aliphatic heterocycles. The van der Waals surface area contributed by atoms with E-state index in [9.17, 15) is 18.0 Å². The molecule has 9 heteroatoms. The topological polar surface area (TPSA) is 93.2 Å². The second-order valence-electron chi connectivity index (χ2n) is 7.59. The number of benzene rings is 1. The summed E-state index contributed by atoms with van der Waals surface area (Å²) in [5.41, 5.74) is 1.66. The first-order valence-corrected chi connectivity index (χ1v) is 11.1. The van der Waals surface area contributed by atoms with E-state index >= 15 is 0 Å². The number of fused-ring (bicyclic) bond motifs is 1. The van der Waals surface area contributed by atoms with E-state index < -0.39 is 16.0 Å². The molecular weight excluding hydrogens is 384 g/mol. The number of morpholine rings is 1. The van der Waals surface area contributed by atoms with Gasteiger partial charge >= 0.3 is 5.97 Å². The molecule has 0 aliphatic carbocycles. The van der Waals surface area contributed by atoms with E-state index in [4.69, 9.17) is 9.47 Å². The van der Waals surface area contributed by atoms with Crippen LogP contribution in [0.1, 0.15) is 36.7 Å². The molecule has 1 saturated heterocycles. The number of rotatable bonds is 4. The second-order valence-corrected chi connectivity index (χ2v) is 9.45. The maximum atomic E-state index is 12.4. The molecule has 2 heterocycles. The average Bonchev–Trinajstić information content (AvgIpc) is 2.93. The van der Waals surface area contributed by atoms with Crippen LogP contribution in [0, 0.1) is 0 Å². The monoisotopic (exact) mass is 410 g/mol. The first-order chi connectivity index (χ1) is 13.1. The van der Waals surface area contributed by atoms with Crippen molar-refractivity contribution in [1.29, 1.82) is 0 Å². The van der Waals surface area contributed by atoms with Gasteiger partial charge in [0, 0.05) is 19.1 Å². The van der Waals surface area contributed by atoms with Crippen LogP contribution < -0.4 is 4.31 Å². The number of hydrogen-bond donors (Lipinski definition) is 0. The number of anilines is 1. The third-order valence-electron chi connectivity index (χ3n) is 4.92. The molecule has 1 aromatic carbocycles. The minimum absolute atomic E-state index is 0.0557. The Labute approximate surface area is 165 Å². The molecule has 0 unspecified atom stereocenters. The van der Waals surface area contributed by atoms with Crippen LogP contribution in [0.3, 0.4) is 0 Å². The fourth-order valence-corrected chi connectivity index (χ4v) is 5.18. The molecular formula is C19H26N2O6S. The van der Waals surface area contributed by atoms with E-state index in [0.717, 1.165) is 5.56 Å². The zero-order valence-electron chi connectivity index (χ0n) is 16.5. The fourth-order valence-electron chi connectivity index (χ4n) is 3.92. The summed E-state index contributed by atoms with van der Waals surface area (Å²) < 4.78 is 36.1. The fraction of sp³-hybridized carbons (Fsp3) is 0.579. The summed E-state index contributed by atoms with van der Waals surface area (Å²) in [5, 5.41) is 0. The lowest BCUT2D eigenvalue weighted by atomic mass is 10.1. The number of nitrogens with zero attached hydrogens (tertiary/aromatic N) is 2. The summed E-state index contributed by atoms with van der Waals surface area (Å²) in [4.78, 5) is 26.3. The van der Waals surface area contributed by atoms with Gasteiger partial charge in [0.25, 0.3) is 5.91 Å². The standard InChI is InChI=1S/C19H26N2O6S/c1-12-7-16-8-15(5-6-17(16)21(12)28(4,24)25)19(23)26-11-18(22)20-9-13(2)27-14(3)10-20/h5-6,8,12-14H,7,9-11H2,1-4H3/t12-,13-,14+/m0/s1. The molecule has 0 N–H and O–H groups in total. The predicted molar refractivity (Wildman–Crippen MR) is 104 cm³/mol. The lowest BCUT2D eigenvalue weighted by Crippen LogP contribution is -2.49. The largest absolute Gasteiger partial charge is 0.452 e. The van der Waals surface area contributed by atoms with Crippen LogP contribution in [-0.2, 0) is 30.7 Å². The molecule has 2 aliphatic rings. The maximum absolute atomic E-state index is 12.4. The number of carbonyl (C=O) groups is 2. The summed E-state index contributed by atoms with van der Waals surface area (Å²) in [6.45, 7) is 6.22. The first-order valence-electron chi connectivity index (χ1n) is 9.29. The Kier molecular flexibility index (Phi) is 5.67. The molecule has 8 nitrogen and oxygen atoms in total. The Morgan fingerprint density at radius 1 is 1.18 bits per heavy atom.